The normalized spacial score (nSPS) is 12.1. The molecule has 110 valence electrons. The quantitative estimate of drug-likeness (QED) is 0.901. The molecule has 0 unspecified atom stereocenters. The lowest BCUT2D eigenvalue weighted by atomic mass is 10.2. The van der Waals surface area contributed by atoms with Crippen LogP contribution in [0.2, 0.25) is 0 Å². The molecule has 0 saturated carbocycles. The number of aromatic nitrogens is 4. The van der Waals surface area contributed by atoms with Gasteiger partial charge in [0.15, 0.2) is 11.5 Å². The lowest BCUT2D eigenvalue weighted by Gasteiger charge is -2.04. The monoisotopic (exact) mass is 290 g/mol. The summed E-state index contributed by atoms with van der Waals surface area (Å²) in [6.45, 7) is 1.43. The van der Waals surface area contributed by atoms with E-state index in [0.29, 0.717) is 12.3 Å². The molecule has 2 heterocycles. The number of aliphatic hydroxyl groups excluding tert-OH is 1. The van der Waals surface area contributed by atoms with Crippen molar-refractivity contribution in [3.05, 3.63) is 29.2 Å². The van der Waals surface area contributed by atoms with Crippen molar-refractivity contribution in [3.8, 4) is 0 Å². The highest BCUT2D eigenvalue weighted by Gasteiger charge is 2.36. The number of aryl methyl sites for hydroxylation is 1. The van der Waals surface area contributed by atoms with Crippen molar-refractivity contribution in [1.82, 2.24) is 19.9 Å². The van der Waals surface area contributed by atoms with Gasteiger partial charge >= 0.3 is 6.18 Å². The van der Waals surface area contributed by atoms with Gasteiger partial charge in [0, 0.05) is 24.8 Å². The molecule has 2 aromatic rings. The zero-order chi connectivity index (χ0) is 14.8. The zero-order valence-corrected chi connectivity index (χ0v) is 10.7. The Morgan fingerprint density at radius 3 is 2.70 bits per heavy atom. The lowest BCUT2D eigenvalue weighted by Crippen LogP contribution is -2.11. The van der Waals surface area contributed by atoms with Gasteiger partial charge in [0.05, 0.1) is 0 Å². The summed E-state index contributed by atoms with van der Waals surface area (Å²) in [6, 6.07) is 0. The molecule has 0 aliphatic heterocycles. The number of aliphatic hydroxyl groups is 1. The van der Waals surface area contributed by atoms with Gasteiger partial charge in [-0.2, -0.15) is 23.3 Å². The van der Waals surface area contributed by atoms with Gasteiger partial charge in [-0.05, 0) is 6.42 Å². The molecule has 0 spiro atoms. The second kappa shape index (κ2) is 5.61. The molecule has 2 rings (SSSR count). The molecule has 0 atom stereocenters. The van der Waals surface area contributed by atoms with E-state index < -0.39 is 11.9 Å². The number of alkyl halides is 3. The van der Waals surface area contributed by atoms with E-state index in [0.717, 1.165) is 4.68 Å². The van der Waals surface area contributed by atoms with Gasteiger partial charge in [-0.3, -0.25) is 4.68 Å². The molecule has 2 aromatic heterocycles. The van der Waals surface area contributed by atoms with Crippen LogP contribution in [0.15, 0.2) is 10.7 Å². The van der Waals surface area contributed by atoms with Gasteiger partial charge in [-0.15, -0.1) is 0 Å². The largest absolute Gasteiger partial charge is 0.435 e. The molecule has 1 N–H and O–H groups in total. The molecule has 0 bridgehead atoms. The van der Waals surface area contributed by atoms with E-state index in [1.165, 1.54) is 6.20 Å². The van der Waals surface area contributed by atoms with Crippen molar-refractivity contribution in [2.45, 2.75) is 32.5 Å². The van der Waals surface area contributed by atoms with Crippen LogP contribution in [0.3, 0.4) is 0 Å². The number of halogens is 3. The summed E-state index contributed by atoms with van der Waals surface area (Å²) in [5.41, 5.74) is -1.05. The highest BCUT2D eigenvalue weighted by Crippen LogP contribution is 2.30. The Morgan fingerprint density at radius 2 is 2.15 bits per heavy atom. The summed E-state index contributed by atoms with van der Waals surface area (Å²) in [7, 11) is 0. The molecule has 0 radical (unpaired) electrons. The maximum Gasteiger partial charge on any atom is 0.435 e. The highest BCUT2D eigenvalue weighted by atomic mass is 19.4. The van der Waals surface area contributed by atoms with Crippen LogP contribution in [0.1, 0.15) is 29.9 Å². The van der Waals surface area contributed by atoms with E-state index in [2.05, 4.69) is 15.2 Å². The average Bonchev–Trinajstić information content (AvgIpc) is 2.96. The van der Waals surface area contributed by atoms with Crippen molar-refractivity contribution in [2.24, 2.45) is 0 Å². The molecule has 0 aliphatic carbocycles. The first-order valence-corrected chi connectivity index (χ1v) is 6.00. The minimum Gasteiger partial charge on any atom is -0.396 e. The lowest BCUT2D eigenvalue weighted by molar-refractivity contribution is -0.142. The topological polar surface area (TPSA) is 77.0 Å². The minimum atomic E-state index is -4.55. The first-order chi connectivity index (χ1) is 9.44. The third-order valence-corrected chi connectivity index (χ3v) is 2.60. The molecule has 20 heavy (non-hydrogen) atoms. The van der Waals surface area contributed by atoms with Crippen LogP contribution < -0.4 is 0 Å². The number of hydrogen-bond acceptors (Lipinski definition) is 5. The van der Waals surface area contributed by atoms with Crippen LogP contribution in [0.25, 0.3) is 0 Å². The van der Waals surface area contributed by atoms with Gasteiger partial charge < -0.3 is 9.63 Å². The summed E-state index contributed by atoms with van der Waals surface area (Å²) >= 11 is 0. The van der Waals surface area contributed by atoms with Gasteiger partial charge in [-0.25, -0.2) is 0 Å². The van der Waals surface area contributed by atoms with E-state index in [9.17, 15) is 13.2 Å². The van der Waals surface area contributed by atoms with E-state index in [1.54, 1.807) is 0 Å². The van der Waals surface area contributed by atoms with Crippen molar-refractivity contribution in [2.75, 3.05) is 6.61 Å². The van der Waals surface area contributed by atoms with Gasteiger partial charge in [0.2, 0.25) is 5.89 Å². The van der Waals surface area contributed by atoms with Gasteiger partial charge in [-0.1, -0.05) is 12.1 Å². The highest BCUT2D eigenvalue weighted by molar-refractivity contribution is 5.20. The van der Waals surface area contributed by atoms with E-state index in [4.69, 9.17) is 9.63 Å². The predicted molar refractivity (Wildman–Crippen MR) is 60.8 cm³/mol. The Kier molecular flexibility index (Phi) is 4.07. The molecule has 0 fully saturated rings. The summed E-state index contributed by atoms with van der Waals surface area (Å²) in [5, 5.41) is 15.9. The third kappa shape index (κ3) is 3.16. The second-order valence-corrected chi connectivity index (χ2v) is 4.13. The molecular weight excluding hydrogens is 277 g/mol. The van der Waals surface area contributed by atoms with Crippen molar-refractivity contribution in [1.29, 1.82) is 0 Å². The Labute approximate surface area is 112 Å². The molecule has 0 amide bonds. The maximum atomic E-state index is 12.8. The first-order valence-electron chi connectivity index (χ1n) is 6.00. The summed E-state index contributed by atoms with van der Waals surface area (Å²) in [4.78, 5) is 4.00. The van der Waals surface area contributed by atoms with Crippen LogP contribution >= 0.6 is 0 Å². The van der Waals surface area contributed by atoms with E-state index >= 15 is 0 Å². The van der Waals surface area contributed by atoms with Gasteiger partial charge in [0.1, 0.15) is 6.54 Å². The fourth-order valence-electron chi connectivity index (χ4n) is 1.73. The number of hydrogen-bond donors (Lipinski definition) is 1. The molecule has 0 aliphatic rings. The molecule has 9 heteroatoms. The third-order valence-electron chi connectivity index (χ3n) is 2.60. The van der Waals surface area contributed by atoms with Crippen molar-refractivity contribution >= 4 is 0 Å². The number of nitrogens with zero attached hydrogens (tertiary/aromatic N) is 4. The number of rotatable bonds is 5. The zero-order valence-electron chi connectivity index (χ0n) is 10.7. The Morgan fingerprint density at radius 1 is 1.40 bits per heavy atom. The van der Waals surface area contributed by atoms with Crippen LogP contribution in [0, 0.1) is 0 Å². The van der Waals surface area contributed by atoms with Crippen LogP contribution in [0.5, 0.6) is 0 Å². The molecule has 0 aromatic carbocycles. The standard InChI is InChI=1S/C11H13F3N4O2/c1-2-9-15-8(17-20-9)6-18-5-7(3-4-19)10(16-18)11(12,13)14/h5,19H,2-4,6H2,1H3. The first kappa shape index (κ1) is 14.5. The van der Waals surface area contributed by atoms with Crippen molar-refractivity contribution in [3.63, 3.8) is 0 Å². The summed E-state index contributed by atoms with van der Waals surface area (Å²) < 4.78 is 44.3. The molecular formula is C11H13F3N4O2. The Hall–Kier alpha value is -1.90. The predicted octanol–water partition coefficient (Wildman–Crippen LogP) is 1.43. The fourth-order valence-corrected chi connectivity index (χ4v) is 1.73. The summed E-state index contributed by atoms with van der Waals surface area (Å²) in [5.74, 6) is 0.674. The average molecular weight is 290 g/mol. The Balaban J connectivity index is 2.24. The second-order valence-electron chi connectivity index (χ2n) is 4.13. The van der Waals surface area contributed by atoms with Crippen LogP contribution in [-0.4, -0.2) is 31.6 Å². The fraction of sp³-hybridized carbons (Fsp3) is 0.545. The van der Waals surface area contributed by atoms with E-state index in [1.807, 2.05) is 6.92 Å². The molecule has 0 saturated heterocycles. The van der Waals surface area contributed by atoms with Crippen LogP contribution in [0.4, 0.5) is 13.2 Å². The minimum absolute atomic E-state index is 0.0159. The maximum absolute atomic E-state index is 12.8. The van der Waals surface area contributed by atoms with Gasteiger partial charge in [0.25, 0.3) is 0 Å². The summed E-state index contributed by atoms with van der Waals surface area (Å²) in [6.07, 6.45) is -2.88. The molecule has 6 nitrogen and oxygen atoms in total. The smallest absolute Gasteiger partial charge is 0.396 e. The van der Waals surface area contributed by atoms with Crippen molar-refractivity contribution < 1.29 is 22.8 Å². The SMILES string of the molecule is CCc1nc(Cn2cc(CCO)c(C(F)(F)F)n2)no1. The Bertz CT molecular complexity index is 576. The van der Waals surface area contributed by atoms with E-state index in [-0.39, 0.29) is 31.0 Å². The van der Waals surface area contributed by atoms with Crippen LogP contribution in [-0.2, 0) is 25.6 Å².